The quantitative estimate of drug-likeness (QED) is 0.837. The fraction of sp³-hybridized carbons (Fsp3) is 0.588. The van der Waals surface area contributed by atoms with Crippen LogP contribution in [0.25, 0.3) is 0 Å². The summed E-state index contributed by atoms with van der Waals surface area (Å²) in [6.45, 7) is 0. The summed E-state index contributed by atoms with van der Waals surface area (Å²) in [5, 5.41) is 20.7. The smallest absolute Gasteiger partial charge is 0.340 e. The van der Waals surface area contributed by atoms with Crippen molar-refractivity contribution in [1.29, 1.82) is 0 Å². The molecule has 3 rings (SSSR count). The largest absolute Gasteiger partial charge is 0.479 e. The molecule has 3 atom stereocenters. The van der Waals surface area contributed by atoms with E-state index in [1.807, 2.05) is 6.07 Å². The molecule has 21 heavy (non-hydrogen) atoms. The zero-order valence-electron chi connectivity index (χ0n) is 12.7. The molecule has 4 nitrogen and oxygen atoms in total. The number of fused-ring (bicyclic) bond motifs is 2. The lowest BCUT2D eigenvalue weighted by Crippen LogP contribution is -2.58. The van der Waals surface area contributed by atoms with Crippen LogP contribution in [0.1, 0.15) is 31.2 Å². The van der Waals surface area contributed by atoms with Crippen molar-refractivity contribution in [2.24, 2.45) is 5.92 Å². The second-order valence-electron chi connectivity index (χ2n) is 7.12. The van der Waals surface area contributed by atoms with Gasteiger partial charge in [-0.1, -0.05) is 30.3 Å². The van der Waals surface area contributed by atoms with Crippen molar-refractivity contribution in [1.82, 2.24) is 0 Å². The number of carboxylic acids is 1. The molecule has 0 aliphatic carbocycles. The Kier molecular flexibility index (Phi) is 3.34. The van der Waals surface area contributed by atoms with Crippen LogP contribution in [0.4, 0.5) is 0 Å². The molecule has 1 aromatic carbocycles. The number of quaternary nitrogens is 1. The van der Waals surface area contributed by atoms with E-state index in [4.69, 9.17) is 0 Å². The van der Waals surface area contributed by atoms with E-state index < -0.39 is 11.6 Å². The first kappa shape index (κ1) is 14.5. The fourth-order valence-electron chi connectivity index (χ4n) is 4.45. The summed E-state index contributed by atoms with van der Waals surface area (Å²) in [5.41, 5.74) is -1.25. The summed E-state index contributed by atoms with van der Waals surface area (Å²) in [7, 11) is 4.47. The molecule has 114 valence electrons. The highest BCUT2D eigenvalue weighted by molar-refractivity contribution is 5.79. The highest BCUT2D eigenvalue weighted by Crippen LogP contribution is 2.48. The maximum absolute atomic E-state index is 11.9. The SMILES string of the molecule is C[N+]1(C)C2CCC1CC(C(O)(C(=O)O)c1ccccc1)C2. The average Bonchev–Trinajstić information content (AvgIpc) is 2.67. The van der Waals surface area contributed by atoms with Gasteiger partial charge in [0.2, 0.25) is 0 Å². The van der Waals surface area contributed by atoms with Gasteiger partial charge in [0.05, 0.1) is 26.2 Å². The summed E-state index contributed by atoms with van der Waals surface area (Å²) in [5.74, 6) is -1.33. The summed E-state index contributed by atoms with van der Waals surface area (Å²) in [4.78, 5) is 11.9. The van der Waals surface area contributed by atoms with E-state index in [-0.39, 0.29) is 5.92 Å². The standard InChI is InChI=1S/C17H23NO3/c1-18(2)14-8-9-15(18)11-13(10-14)17(21,16(19)20)12-6-4-3-5-7-12/h3-7,13-15,21H,8-11H2,1-2H3/p+1. The number of aliphatic hydroxyl groups is 1. The van der Waals surface area contributed by atoms with Gasteiger partial charge in [-0.15, -0.1) is 0 Å². The van der Waals surface area contributed by atoms with Gasteiger partial charge >= 0.3 is 5.97 Å². The van der Waals surface area contributed by atoms with Crippen LogP contribution in [0.5, 0.6) is 0 Å². The predicted molar refractivity (Wildman–Crippen MR) is 79.6 cm³/mol. The number of hydrogen-bond donors (Lipinski definition) is 2. The second kappa shape index (κ2) is 4.82. The Labute approximate surface area is 125 Å². The number of hydrogen-bond acceptors (Lipinski definition) is 2. The summed E-state index contributed by atoms with van der Waals surface area (Å²) < 4.78 is 0.973. The van der Waals surface area contributed by atoms with Crippen molar-refractivity contribution in [3.05, 3.63) is 35.9 Å². The molecule has 0 amide bonds. The maximum Gasteiger partial charge on any atom is 0.340 e. The van der Waals surface area contributed by atoms with Gasteiger partial charge in [0.25, 0.3) is 0 Å². The third-order valence-corrected chi connectivity index (χ3v) is 5.96. The number of aliphatic carboxylic acids is 1. The molecule has 2 heterocycles. The van der Waals surface area contributed by atoms with Crippen LogP contribution in [0, 0.1) is 5.92 Å². The lowest BCUT2D eigenvalue weighted by molar-refractivity contribution is -0.932. The predicted octanol–water partition coefficient (Wildman–Crippen LogP) is 1.98. The Bertz CT molecular complexity index is 526. The first-order valence-electron chi connectivity index (χ1n) is 7.71. The molecular formula is C17H24NO3+. The van der Waals surface area contributed by atoms with Crippen LogP contribution in [0.3, 0.4) is 0 Å². The molecule has 2 fully saturated rings. The Morgan fingerprint density at radius 2 is 1.67 bits per heavy atom. The molecule has 0 radical (unpaired) electrons. The molecule has 2 N–H and O–H groups in total. The number of piperidine rings is 1. The highest BCUT2D eigenvalue weighted by Gasteiger charge is 2.56. The zero-order valence-corrected chi connectivity index (χ0v) is 12.7. The maximum atomic E-state index is 11.9. The molecule has 0 spiro atoms. The lowest BCUT2D eigenvalue weighted by Gasteiger charge is -2.47. The van der Waals surface area contributed by atoms with E-state index in [0.717, 1.165) is 30.2 Å². The summed E-state index contributed by atoms with van der Waals surface area (Å²) >= 11 is 0. The fourth-order valence-corrected chi connectivity index (χ4v) is 4.45. The van der Waals surface area contributed by atoms with Gasteiger partial charge in [-0.2, -0.15) is 0 Å². The van der Waals surface area contributed by atoms with E-state index in [0.29, 0.717) is 17.6 Å². The van der Waals surface area contributed by atoms with Crippen molar-refractivity contribution in [2.75, 3.05) is 14.1 Å². The Morgan fingerprint density at radius 1 is 1.14 bits per heavy atom. The van der Waals surface area contributed by atoms with Crippen molar-refractivity contribution >= 4 is 5.97 Å². The molecule has 0 aromatic heterocycles. The third kappa shape index (κ3) is 2.09. The van der Waals surface area contributed by atoms with E-state index in [2.05, 4.69) is 14.1 Å². The van der Waals surface area contributed by atoms with Gasteiger partial charge in [-0.25, -0.2) is 4.79 Å². The molecule has 4 heteroatoms. The number of rotatable bonds is 3. The van der Waals surface area contributed by atoms with Crippen LogP contribution in [-0.4, -0.2) is 46.8 Å². The Morgan fingerprint density at radius 3 is 2.14 bits per heavy atom. The molecule has 2 aliphatic heterocycles. The van der Waals surface area contributed by atoms with Crippen LogP contribution in [-0.2, 0) is 10.4 Å². The normalized spacial score (nSPS) is 33.4. The monoisotopic (exact) mass is 290 g/mol. The molecule has 0 saturated carbocycles. The molecular weight excluding hydrogens is 266 g/mol. The van der Waals surface area contributed by atoms with Crippen molar-refractivity contribution < 1.29 is 19.5 Å². The number of carboxylic acid groups (broad SMARTS) is 1. The average molecular weight is 290 g/mol. The molecule has 2 saturated heterocycles. The number of nitrogens with zero attached hydrogens (tertiary/aromatic N) is 1. The van der Waals surface area contributed by atoms with Crippen molar-refractivity contribution in [2.45, 2.75) is 43.4 Å². The van der Waals surface area contributed by atoms with Crippen LogP contribution < -0.4 is 0 Å². The minimum atomic E-state index is -1.76. The highest BCUT2D eigenvalue weighted by atomic mass is 16.4. The van der Waals surface area contributed by atoms with Crippen LogP contribution >= 0.6 is 0 Å². The molecule has 2 aliphatic rings. The summed E-state index contributed by atoms with van der Waals surface area (Å²) in [6.07, 6.45) is 3.83. The van der Waals surface area contributed by atoms with Gasteiger partial charge in [0.1, 0.15) is 0 Å². The Hall–Kier alpha value is -1.39. The minimum Gasteiger partial charge on any atom is -0.479 e. The van der Waals surface area contributed by atoms with Gasteiger partial charge < -0.3 is 14.7 Å². The zero-order chi connectivity index (χ0) is 15.3. The van der Waals surface area contributed by atoms with Crippen molar-refractivity contribution in [3.8, 4) is 0 Å². The van der Waals surface area contributed by atoms with E-state index in [9.17, 15) is 15.0 Å². The van der Waals surface area contributed by atoms with Gasteiger partial charge in [0, 0.05) is 31.6 Å². The van der Waals surface area contributed by atoms with Crippen molar-refractivity contribution in [3.63, 3.8) is 0 Å². The minimum absolute atomic E-state index is 0.207. The third-order valence-electron chi connectivity index (χ3n) is 5.96. The van der Waals surface area contributed by atoms with Gasteiger partial charge in [-0.3, -0.25) is 0 Å². The van der Waals surface area contributed by atoms with E-state index >= 15 is 0 Å². The number of carbonyl (C=O) groups is 1. The van der Waals surface area contributed by atoms with Crippen LogP contribution in [0.15, 0.2) is 30.3 Å². The van der Waals surface area contributed by atoms with E-state index in [1.54, 1.807) is 24.3 Å². The van der Waals surface area contributed by atoms with E-state index in [1.165, 1.54) is 0 Å². The topological polar surface area (TPSA) is 57.5 Å². The summed E-state index contributed by atoms with van der Waals surface area (Å²) in [6, 6.07) is 9.80. The van der Waals surface area contributed by atoms with Gasteiger partial charge in [0.15, 0.2) is 5.60 Å². The molecule has 3 unspecified atom stereocenters. The Balaban J connectivity index is 1.96. The first-order valence-corrected chi connectivity index (χ1v) is 7.71. The lowest BCUT2D eigenvalue weighted by atomic mass is 9.73. The molecule has 2 bridgehead atoms. The van der Waals surface area contributed by atoms with Crippen LogP contribution in [0.2, 0.25) is 0 Å². The first-order chi connectivity index (χ1) is 9.86. The number of benzene rings is 1. The molecule has 1 aromatic rings. The van der Waals surface area contributed by atoms with Gasteiger partial charge in [-0.05, 0) is 5.56 Å². The second-order valence-corrected chi connectivity index (χ2v) is 7.12.